The standard InChI is InChI=1S/C17H13F2N3O2/c18-12-7-5-11(6-8-12)17-21-16(24-22-17)10-9-15(23)20-14-4-2-1-3-13(14)19/h1-8H,9-10H2,(H,20,23). The maximum Gasteiger partial charge on any atom is 0.227 e. The first-order chi connectivity index (χ1) is 11.6. The van der Waals surface area contributed by atoms with Crippen molar-refractivity contribution in [2.45, 2.75) is 12.8 Å². The molecule has 0 saturated carbocycles. The topological polar surface area (TPSA) is 68.0 Å². The van der Waals surface area contributed by atoms with Gasteiger partial charge in [-0.1, -0.05) is 17.3 Å². The molecule has 0 radical (unpaired) electrons. The van der Waals surface area contributed by atoms with Crippen molar-refractivity contribution < 1.29 is 18.1 Å². The Kier molecular flexibility index (Phi) is 4.60. The number of amides is 1. The Labute approximate surface area is 136 Å². The predicted molar refractivity (Wildman–Crippen MR) is 83.0 cm³/mol. The maximum atomic E-state index is 13.5. The molecule has 3 aromatic rings. The highest BCUT2D eigenvalue weighted by molar-refractivity contribution is 5.90. The highest BCUT2D eigenvalue weighted by atomic mass is 19.1. The first-order valence-corrected chi connectivity index (χ1v) is 7.25. The number of benzene rings is 2. The molecule has 24 heavy (non-hydrogen) atoms. The van der Waals surface area contributed by atoms with Crippen LogP contribution in [0, 0.1) is 11.6 Å². The van der Waals surface area contributed by atoms with Crippen LogP contribution in [0.2, 0.25) is 0 Å². The number of hydrogen-bond acceptors (Lipinski definition) is 4. The van der Waals surface area contributed by atoms with Gasteiger partial charge in [-0.2, -0.15) is 4.98 Å². The van der Waals surface area contributed by atoms with E-state index in [2.05, 4.69) is 15.5 Å². The van der Waals surface area contributed by atoms with Crippen LogP contribution in [0.4, 0.5) is 14.5 Å². The van der Waals surface area contributed by atoms with Crippen LogP contribution in [-0.2, 0) is 11.2 Å². The van der Waals surface area contributed by atoms with E-state index in [1.54, 1.807) is 12.1 Å². The molecular formula is C17H13F2N3O2. The van der Waals surface area contributed by atoms with Gasteiger partial charge < -0.3 is 9.84 Å². The largest absolute Gasteiger partial charge is 0.339 e. The summed E-state index contributed by atoms with van der Waals surface area (Å²) in [6.45, 7) is 0. The molecule has 0 fully saturated rings. The smallest absolute Gasteiger partial charge is 0.227 e. The Morgan fingerprint density at radius 3 is 2.58 bits per heavy atom. The van der Waals surface area contributed by atoms with Crippen molar-refractivity contribution in [2.24, 2.45) is 0 Å². The Morgan fingerprint density at radius 2 is 1.83 bits per heavy atom. The van der Waals surface area contributed by atoms with Gasteiger partial charge in [0.2, 0.25) is 17.6 Å². The zero-order chi connectivity index (χ0) is 16.9. The van der Waals surface area contributed by atoms with Gasteiger partial charge in [0, 0.05) is 18.4 Å². The zero-order valence-electron chi connectivity index (χ0n) is 12.5. The van der Waals surface area contributed by atoms with Gasteiger partial charge in [0.05, 0.1) is 5.69 Å². The quantitative estimate of drug-likeness (QED) is 0.777. The number of rotatable bonds is 5. The third-order valence-electron chi connectivity index (χ3n) is 3.28. The predicted octanol–water partition coefficient (Wildman–Crippen LogP) is 3.59. The lowest BCUT2D eigenvalue weighted by molar-refractivity contribution is -0.116. The molecule has 1 aromatic heterocycles. The van der Waals surface area contributed by atoms with Crippen LogP contribution in [0.5, 0.6) is 0 Å². The lowest BCUT2D eigenvalue weighted by atomic mass is 10.2. The van der Waals surface area contributed by atoms with Crippen molar-refractivity contribution >= 4 is 11.6 Å². The number of nitrogens with zero attached hydrogens (tertiary/aromatic N) is 2. The number of anilines is 1. The molecule has 0 aliphatic heterocycles. The summed E-state index contributed by atoms with van der Waals surface area (Å²) in [6, 6.07) is 11.6. The molecule has 1 amide bonds. The van der Waals surface area contributed by atoms with Crippen molar-refractivity contribution in [1.82, 2.24) is 10.1 Å². The second-order valence-corrected chi connectivity index (χ2v) is 5.05. The molecule has 2 aromatic carbocycles. The summed E-state index contributed by atoms with van der Waals surface area (Å²) in [5, 5.41) is 6.27. The van der Waals surface area contributed by atoms with Crippen LogP contribution >= 0.6 is 0 Å². The second kappa shape index (κ2) is 6.99. The van der Waals surface area contributed by atoms with Crippen LogP contribution in [-0.4, -0.2) is 16.0 Å². The van der Waals surface area contributed by atoms with E-state index in [1.165, 1.54) is 36.4 Å². The molecule has 0 spiro atoms. The molecule has 0 aliphatic rings. The van der Waals surface area contributed by atoms with Crippen LogP contribution in [0.3, 0.4) is 0 Å². The molecule has 0 bridgehead atoms. The molecule has 0 atom stereocenters. The van der Waals surface area contributed by atoms with Gasteiger partial charge in [-0.15, -0.1) is 0 Å². The Bertz CT molecular complexity index is 847. The van der Waals surface area contributed by atoms with Gasteiger partial charge in [-0.3, -0.25) is 4.79 Å². The summed E-state index contributed by atoms with van der Waals surface area (Å²) in [6.07, 6.45) is 0.286. The van der Waals surface area contributed by atoms with Crippen LogP contribution in [0.25, 0.3) is 11.4 Å². The number of carbonyl (C=O) groups excluding carboxylic acids is 1. The average molecular weight is 329 g/mol. The molecular weight excluding hydrogens is 316 g/mol. The van der Waals surface area contributed by atoms with E-state index in [0.717, 1.165) is 0 Å². The van der Waals surface area contributed by atoms with E-state index in [9.17, 15) is 13.6 Å². The molecule has 0 unspecified atom stereocenters. The Hall–Kier alpha value is -3.09. The van der Waals surface area contributed by atoms with Crippen molar-refractivity contribution in [2.75, 3.05) is 5.32 Å². The first kappa shape index (κ1) is 15.8. The third-order valence-corrected chi connectivity index (χ3v) is 3.28. The number of hydrogen-bond donors (Lipinski definition) is 1. The Balaban J connectivity index is 1.58. The number of para-hydroxylation sites is 1. The molecule has 0 aliphatic carbocycles. The average Bonchev–Trinajstić information content (AvgIpc) is 3.05. The highest BCUT2D eigenvalue weighted by Gasteiger charge is 2.12. The van der Waals surface area contributed by atoms with Crippen molar-refractivity contribution in [3.63, 3.8) is 0 Å². The number of carbonyl (C=O) groups is 1. The fourth-order valence-corrected chi connectivity index (χ4v) is 2.07. The minimum absolute atomic E-state index is 0.0688. The zero-order valence-corrected chi connectivity index (χ0v) is 12.5. The fourth-order valence-electron chi connectivity index (χ4n) is 2.07. The third kappa shape index (κ3) is 3.81. The minimum atomic E-state index is -0.498. The van der Waals surface area contributed by atoms with Crippen molar-refractivity contribution in [3.05, 3.63) is 66.1 Å². The molecule has 1 N–H and O–H groups in total. The van der Waals surface area contributed by atoms with E-state index < -0.39 is 5.82 Å². The summed E-state index contributed by atoms with van der Waals surface area (Å²) < 4.78 is 31.4. The van der Waals surface area contributed by atoms with Crippen LogP contribution < -0.4 is 5.32 Å². The lowest BCUT2D eigenvalue weighted by Gasteiger charge is -2.04. The van der Waals surface area contributed by atoms with E-state index in [0.29, 0.717) is 11.4 Å². The van der Waals surface area contributed by atoms with Gasteiger partial charge in [0.15, 0.2) is 0 Å². The molecule has 0 saturated heterocycles. The Morgan fingerprint density at radius 1 is 1.08 bits per heavy atom. The molecule has 7 heteroatoms. The molecule has 1 heterocycles. The highest BCUT2D eigenvalue weighted by Crippen LogP contribution is 2.17. The minimum Gasteiger partial charge on any atom is -0.339 e. The number of halogens is 2. The van der Waals surface area contributed by atoms with Gasteiger partial charge in [0.25, 0.3) is 0 Å². The van der Waals surface area contributed by atoms with E-state index in [-0.39, 0.29) is 36.1 Å². The van der Waals surface area contributed by atoms with Crippen LogP contribution in [0.1, 0.15) is 12.3 Å². The summed E-state index contributed by atoms with van der Waals surface area (Å²) in [4.78, 5) is 16.0. The van der Waals surface area contributed by atoms with Gasteiger partial charge >= 0.3 is 0 Å². The second-order valence-electron chi connectivity index (χ2n) is 5.05. The summed E-state index contributed by atoms with van der Waals surface area (Å²) >= 11 is 0. The maximum absolute atomic E-state index is 13.5. The van der Waals surface area contributed by atoms with E-state index in [4.69, 9.17) is 4.52 Å². The van der Waals surface area contributed by atoms with Gasteiger partial charge in [-0.05, 0) is 36.4 Å². The van der Waals surface area contributed by atoms with Crippen molar-refractivity contribution in [1.29, 1.82) is 0 Å². The van der Waals surface area contributed by atoms with Gasteiger partial charge in [-0.25, -0.2) is 8.78 Å². The lowest BCUT2D eigenvalue weighted by Crippen LogP contribution is -2.13. The fraction of sp³-hybridized carbons (Fsp3) is 0.118. The molecule has 3 rings (SSSR count). The van der Waals surface area contributed by atoms with Gasteiger partial charge in [0.1, 0.15) is 11.6 Å². The molecule has 5 nitrogen and oxygen atoms in total. The van der Waals surface area contributed by atoms with E-state index >= 15 is 0 Å². The van der Waals surface area contributed by atoms with Crippen LogP contribution in [0.15, 0.2) is 53.1 Å². The SMILES string of the molecule is O=C(CCc1nc(-c2ccc(F)cc2)no1)Nc1ccccc1F. The van der Waals surface area contributed by atoms with Crippen molar-refractivity contribution in [3.8, 4) is 11.4 Å². The normalized spacial score (nSPS) is 10.6. The number of nitrogens with one attached hydrogen (secondary N) is 1. The first-order valence-electron chi connectivity index (χ1n) is 7.25. The number of aryl methyl sites for hydroxylation is 1. The molecule has 122 valence electrons. The summed E-state index contributed by atoms with van der Waals surface area (Å²) in [5.41, 5.74) is 0.738. The number of aromatic nitrogens is 2. The monoisotopic (exact) mass is 329 g/mol. The summed E-state index contributed by atoms with van der Waals surface area (Å²) in [5.74, 6) is -0.617. The summed E-state index contributed by atoms with van der Waals surface area (Å²) in [7, 11) is 0. The van der Waals surface area contributed by atoms with E-state index in [1.807, 2.05) is 0 Å².